The van der Waals surface area contributed by atoms with Gasteiger partial charge in [0.2, 0.25) is 0 Å². The number of cyclic esters (lactones) is 1. The Bertz CT molecular complexity index is 1290. The smallest absolute Gasteiger partial charge is 0.416 e. The van der Waals surface area contributed by atoms with Gasteiger partial charge in [-0.05, 0) is 48.4 Å². The van der Waals surface area contributed by atoms with E-state index >= 15 is 0 Å². The van der Waals surface area contributed by atoms with Gasteiger partial charge in [0.15, 0.2) is 0 Å². The summed E-state index contributed by atoms with van der Waals surface area (Å²) in [6, 6.07) is 1.62. The molecule has 2 aromatic rings. The van der Waals surface area contributed by atoms with Crippen molar-refractivity contribution in [3.8, 4) is 0 Å². The molecule has 0 radical (unpaired) electrons. The van der Waals surface area contributed by atoms with Gasteiger partial charge in [0, 0.05) is 11.3 Å². The number of hydrogen-bond acceptors (Lipinski definition) is 5. The third-order valence-corrected chi connectivity index (χ3v) is 7.27. The molecule has 2 aromatic carbocycles. The SMILES string of the molecule is C[C@H]1[C@@H](c2cc(C(F)(F)F)cc(C(F)(F)F)c2)OC(=O)N1Cc1cc(C(F)(F)F)ccc1C1=NC(C=O)CS1. The lowest BCUT2D eigenvalue weighted by Crippen LogP contribution is -2.32. The fourth-order valence-electron chi connectivity index (χ4n) is 4.20. The van der Waals surface area contributed by atoms with Gasteiger partial charge in [-0.1, -0.05) is 6.07 Å². The summed E-state index contributed by atoms with van der Waals surface area (Å²) in [6.07, 6.45) is -17.2. The summed E-state index contributed by atoms with van der Waals surface area (Å²) in [5.74, 6) is 0.251. The fraction of sp³-hybridized carbons (Fsp3) is 0.375. The topological polar surface area (TPSA) is 59.0 Å². The Hall–Kier alpha value is -3.23. The molecule has 1 saturated heterocycles. The van der Waals surface area contributed by atoms with E-state index in [0.29, 0.717) is 18.4 Å². The van der Waals surface area contributed by atoms with Crippen LogP contribution in [0.5, 0.6) is 0 Å². The van der Waals surface area contributed by atoms with Crippen molar-refractivity contribution in [2.45, 2.75) is 50.2 Å². The molecular formula is C24H17F9N2O3S. The van der Waals surface area contributed by atoms with E-state index in [1.165, 1.54) is 6.92 Å². The predicted octanol–water partition coefficient (Wildman–Crippen LogP) is 6.89. The van der Waals surface area contributed by atoms with Gasteiger partial charge in [-0.2, -0.15) is 39.5 Å². The highest BCUT2D eigenvalue weighted by molar-refractivity contribution is 8.14. The van der Waals surface area contributed by atoms with Crippen molar-refractivity contribution in [2.75, 3.05) is 5.75 Å². The minimum atomic E-state index is -5.13. The molecule has 2 aliphatic heterocycles. The zero-order valence-corrected chi connectivity index (χ0v) is 20.4. The number of alkyl halides is 9. The van der Waals surface area contributed by atoms with Crippen LogP contribution in [0.4, 0.5) is 44.3 Å². The average Bonchev–Trinajstić information content (AvgIpc) is 3.42. The van der Waals surface area contributed by atoms with Gasteiger partial charge in [-0.25, -0.2) is 4.79 Å². The molecular weight excluding hydrogens is 567 g/mol. The van der Waals surface area contributed by atoms with Crippen LogP contribution in [0.3, 0.4) is 0 Å². The molecule has 3 atom stereocenters. The number of rotatable bonds is 5. The van der Waals surface area contributed by atoms with E-state index < -0.39 is 71.6 Å². The van der Waals surface area contributed by atoms with Gasteiger partial charge >= 0.3 is 24.6 Å². The molecule has 1 unspecified atom stereocenters. The van der Waals surface area contributed by atoms with Crippen molar-refractivity contribution in [3.05, 3.63) is 69.8 Å². The summed E-state index contributed by atoms with van der Waals surface area (Å²) < 4.78 is 125. The number of amides is 1. The molecule has 0 bridgehead atoms. The van der Waals surface area contributed by atoms with Crippen molar-refractivity contribution in [2.24, 2.45) is 4.99 Å². The lowest BCUT2D eigenvalue weighted by Gasteiger charge is -2.24. The van der Waals surface area contributed by atoms with E-state index in [1.807, 2.05) is 0 Å². The van der Waals surface area contributed by atoms with E-state index in [9.17, 15) is 49.1 Å². The Labute approximate surface area is 219 Å². The van der Waals surface area contributed by atoms with E-state index in [4.69, 9.17) is 4.74 Å². The van der Waals surface area contributed by atoms with Crippen molar-refractivity contribution < 1.29 is 53.8 Å². The van der Waals surface area contributed by atoms with Crippen LogP contribution in [-0.4, -0.2) is 40.2 Å². The zero-order valence-electron chi connectivity index (χ0n) is 19.6. The molecule has 0 N–H and O–H groups in total. The molecule has 0 aliphatic carbocycles. The van der Waals surface area contributed by atoms with Crippen LogP contribution < -0.4 is 0 Å². The first-order valence-corrected chi connectivity index (χ1v) is 12.1. The maximum atomic E-state index is 13.4. The predicted molar refractivity (Wildman–Crippen MR) is 121 cm³/mol. The van der Waals surface area contributed by atoms with E-state index in [-0.39, 0.29) is 28.0 Å². The summed E-state index contributed by atoms with van der Waals surface area (Å²) >= 11 is 1.11. The molecule has 39 heavy (non-hydrogen) atoms. The van der Waals surface area contributed by atoms with Crippen LogP contribution in [0, 0.1) is 0 Å². The second-order valence-corrected chi connectivity index (χ2v) is 9.84. The molecule has 210 valence electrons. The average molecular weight is 584 g/mol. The molecule has 2 heterocycles. The first-order chi connectivity index (χ1) is 18.0. The second kappa shape index (κ2) is 10.1. The maximum Gasteiger partial charge on any atom is 0.416 e. The monoisotopic (exact) mass is 584 g/mol. The van der Waals surface area contributed by atoms with Crippen LogP contribution in [0.15, 0.2) is 41.4 Å². The first kappa shape index (κ1) is 28.8. The maximum absolute atomic E-state index is 13.4. The quantitative estimate of drug-likeness (QED) is 0.284. The molecule has 5 nitrogen and oxygen atoms in total. The van der Waals surface area contributed by atoms with Gasteiger partial charge in [0.1, 0.15) is 18.4 Å². The molecule has 1 fully saturated rings. The second-order valence-electron chi connectivity index (χ2n) is 8.83. The van der Waals surface area contributed by atoms with Crippen molar-refractivity contribution >= 4 is 29.2 Å². The van der Waals surface area contributed by atoms with E-state index in [0.717, 1.165) is 34.9 Å². The van der Waals surface area contributed by atoms with Crippen LogP contribution >= 0.6 is 11.8 Å². The van der Waals surface area contributed by atoms with Crippen LogP contribution in [0.2, 0.25) is 0 Å². The molecule has 0 saturated carbocycles. The Kier molecular flexibility index (Phi) is 7.42. The number of carbonyl (C=O) groups excluding carboxylic acids is 2. The summed E-state index contributed by atoms with van der Waals surface area (Å²) in [7, 11) is 0. The lowest BCUT2D eigenvalue weighted by molar-refractivity contribution is -0.143. The zero-order chi connectivity index (χ0) is 28.9. The largest absolute Gasteiger partial charge is 0.439 e. The summed E-state index contributed by atoms with van der Waals surface area (Å²) in [4.78, 5) is 28.9. The first-order valence-electron chi connectivity index (χ1n) is 11.1. The molecule has 1 amide bonds. The van der Waals surface area contributed by atoms with Crippen molar-refractivity contribution in [3.63, 3.8) is 0 Å². The van der Waals surface area contributed by atoms with Crippen LogP contribution in [-0.2, 0) is 34.6 Å². The lowest BCUT2D eigenvalue weighted by atomic mass is 9.97. The fourth-order valence-corrected chi connectivity index (χ4v) is 5.25. The number of carbonyl (C=O) groups is 2. The van der Waals surface area contributed by atoms with Crippen LogP contribution in [0.25, 0.3) is 0 Å². The Morgan fingerprint density at radius 3 is 2.05 bits per heavy atom. The van der Waals surface area contributed by atoms with Crippen molar-refractivity contribution in [1.82, 2.24) is 4.90 Å². The summed E-state index contributed by atoms with van der Waals surface area (Å²) in [5, 5.41) is 0.250. The minimum Gasteiger partial charge on any atom is -0.439 e. The van der Waals surface area contributed by atoms with E-state index in [1.54, 1.807) is 0 Å². The third kappa shape index (κ3) is 6.02. The number of aliphatic imine (C=N–C) groups is 1. The number of hydrogen-bond donors (Lipinski definition) is 0. The minimum absolute atomic E-state index is 0.0490. The number of benzene rings is 2. The number of aldehydes is 1. The van der Waals surface area contributed by atoms with Crippen LogP contribution in [0.1, 0.15) is 46.4 Å². The molecule has 15 heteroatoms. The molecule has 0 aromatic heterocycles. The Morgan fingerprint density at radius 2 is 1.54 bits per heavy atom. The van der Waals surface area contributed by atoms with Gasteiger partial charge in [0.25, 0.3) is 0 Å². The molecule has 0 spiro atoms. The van der Waals surface area contributed by atoms with Gasteiger partial charge in [0.05, 0.1) is 34.3 Å². The number of nitrogens with zero attached hydrogens (tertiary/aromatic N) is 2. The van der Waals surface area contributed by atoms with E-state index in [2.05, 4.69) is 4.99 Å². The Balaban J connectivity index is 1.72. The number of halogens is 9. The standard InChI is InChI=1S/C24H17F9N2O3S/c1-11-19(12-4-15(23(28,29)30)7-16(5-12)24(31,32)33)38-21(37)35(11)8-13-6-14(22(25,26)27)2-3-18(13)20-34-17(9-36)10-39-20/h2-7,9,11,17,19H,8,10H2,1H3/t11-,17?,19-/m0/s1. The number of thioether (sulfide) groups is 1. The molecule has 2 aliphatic rings. The normalized spacial score (nSPS) is 22.2. The van der Waals surface area contributed by atoms with Gasteiger partial charge in [-0.3, -0.25) is 9.89 Å². The highest BCUT2D eigenvalue weighted by Gasteiger charge is 2.44. The van der Waals surface area contributed by atoms with Gasteiger partial charge in [-0.15, -0.1) is 11.8 Å². The number of ether oxygens (including phenoxy) is 1. The van der Waals surface area contributed by atoms with Gasteiger partial charge < -0.3 is 9.53 Å². The van der Waals surface area contributed by atoms with Crippen molar-refractivity contribution in [1.29, 1.82) is 0 Å². The third-order valence-electron chi connectivity index (χ3n) is 6.17. The highest BCUT2D eigenvalue weighted by atomic mass is 32.2. The molecule has 4 rings (SSSR count). The highest BCUT2D eigenvalue weighted by Crippen LogP contribution is 2.42. The summed E-state index contributed by atoms with van der Waals surface area (Å²) in [5.41, 5.74) is -4.69. The Morgan fingerprint density at radius 1 is 0.949 bits per heavy atom. The summed E-state index contributed by atoms with van der Waals surface area (Å²) in [6.45, 7) is 0.771.